The molecule has 0 aromatic heterocycles. The van der Waals surface area contributed by atoms with E-state index in [4.69, 9.17) is 4.74 Å². The van der Waals surface area contributed by atoms with Gasteiger partial charge in [-0.25, -0.2) is 0 Å². The molecule has 1 N–H and O–H groups in total. The molecule has 0 spiro atoms. The van der Waals surface area contributed by atoms with Gasteiger partial charge in [0, 0.05) is 19.1 Å². The van der Waals surface area contributed by atoms with Crippen LogP contribution in [0.5, 0.6) is 5.75 Å². The van der Waals surface area contributed by atoms with Crippen LogP contribution in [-0.4, -0.2) is 38.2 Å². The first-order chi connectivity index (χ1) is 9.78. The lowest BCUT2D eigenvalue weighted by Crippen LogP contribution is -2.34. The number of hydrogen-bond acceptors (Lipinski definition) is 3. The van der Waals surface area contributed by atoms with Crippen molar-refractivity contribution in [2.75, 3.05) is 33.3 Å². The molecular weight excluding hydrogens is 248 g/mol. The molecular formula is C17H28N2O. The van der Waals surface area contributed by atoms with Crippen LogP contribution in [-0.2, 0) is 6.42 Å². The van der Waals surface area contributed by atoms with Crippen molar-refractivity contribution in [1.29, 1.82) is 0 Å². The van der Waals surface area contributed by atoms with E-state index in [1.807, 2.05) is 0 Å². The number of benzene rings is 1. The summed E-state index contributed by atoms with van der Waals surface area (Å²) in [6.45, 7) is 8.93. The van der Waals surface area contributed by atoms with Gasteiger partial charge in [0.1, 0.15) is 5.75 Å². The van der Waals surface area contributed by atoms with E-state index >= 15 is 0 Å². The standard InChI is InChI=1S/C17H28N2O/c1-4-19(5-2)12-11-18-17-8-6-7-14-13-15(20-3)9-10-16(14)17/h9-10,13,17-18H,4-8,11-12H2,1-3H3. The molecule has 112 valence electrons. The Morgan fingerprint density at radius 2 is 2.10 bits per heavy atom. The summed E-state index contributed by atoms with van der Waals surface area (Å²) in [5, 5.41) is 3.73. The fourth-order valence-corrected chi connectivity index (χ4v) is 3.07. The van der Waals surface area contributed by atoms with Gasteiger partial charge in [0.05, 0.1) is 7.11 Å². The molecule has 3 heteroatoms. The maximum absolute atomic E-state index is 5.33. The normalized spacial score (nSPS) is 18.1. The van der Waals surface area contributed by atoms with Crippen molar-refractivity contribution >= 4 is 0 Å². The van der Waals surface area contributed by atoms with Gasteiger partial charge in [0.25, 0.3) is 0 Å². The second-order valence-electron chi connectivity index (χ2n) is 5.49. The molecule has 1 aliphatic rings. The maximum Gasteiger partial charge on any atom is 0.119 e. The molecule has 1 aromatic carbocycles. The first-order valence-electron chi connectivity index (χ1n) is 7.91. The average molecular weight is 276 g/mol. The molecule has 0 radical (unpaired) electrons. The first-order valence-corrected chi connectivity index (χ1v) is 7.91. The SMILES string of the molecule is CCN(CC)CCNC1CCCc2cc(OC)ccc21. The summed E-state index contributed by atoms with van der Waals surface area (Å²) in [4.78, 5) is 2.46. The van der Waals surface area contributed by atoms with Gasteiger partial charge in [0.2, 0.25) is 0 Å². The number of hydrogen-bond donors (Lipinski definition) is 1. The first kappa shape index (κ1) is 15.3. The summed E-state index contributed by atoms with van der Waals surface area (Å²) in [6, 6.07) is 7.04. The summed E-state index contributed by atoms with van der Waals surface area (Å²) in [5.41, 5.74) is 2.92. The summed E-state index contributed by atoms with van der Waals surface area (Å²) < 4.78 is 5.33. The third-order valence-electron chi connectivity index (χ3n) is 4.38. The minimum absolute atomic E-state index is 0.514. The van der Waals surface area contributed by atoms with Gasteiger partial charge in [-0.05, 0) is 55.6 Å². The maximum atomic E-state index is 5.33. The largest absolute Gasteiger partial charge is 0.497 e. The van der Waals surface area contributed by atoms with Crippen LogP contribution in [0.25, 0.3) is 0 Å². The zero-order valence-corrected chi connectivity index (χ0v) is 13.1. The lowest BCUT2D eigenvalue weighted by atomic mass is 9.87. The van der Waals surface area contributed by atoms with Gasteiger partial charge in [-0.2, -0.15) is 0 Å². The minimum atomic E-state index is 0.514. The van der Waals surface area contributed by atoms with Crippen molar-refractivity contribution in [2.45, 2.75) is 39.2 Å². The Hall–Kier alpha value is -1.06. The number of rotatable bonds is 7. The third kappa shape index (κ3) is 3.74. The van der Waals surface area contributed by atoms with Crippen molar-refractivity contribution in [3.63, 3.8) is 0 Å². The Morgan fingerprint density at radius 3 is 2.80 bits per heavy atom. The Balaban J connectivity index is 1.94. The van der Waals surface area contributed by atoms with Gasteiger partial charge in [-0.1, -0.05) is 19.9 Å². The number of nitrogens with one attached hydrogen (secondary N) is 1. The highest BCUT2D eigenvalue weighted by molar-refractivity contribution is 5.39. The van der Waals surface area contributed by atoms with E-state index in [-0.39, 0.29) is 0 Å². The van der Waals surface area contributed by atoms with Gasteiger partial charge in [0.15, 0.2) is 0 Å². The highest BCUT2D eigenvalue weighted by Gasteiger charge is 2.20. The molecule has 0 fully saturated rings. The highest BCUT2D eigenvalue weighted by atomic mass is 16.5. The van der Waals surface area contributed by atoms with Crippen LogP contribution in [0.4, 0.5) is 0 Å². The van der Waals surface area contributed by atoms with E-state index in [2.05, 4.69) is 42.3 Å². The lowest BCUT2D eigenvalue weighted by Gasteiger charge is -2.28. The van der Waals surface area contributed by atoms with Crippen molar-refractivity contribution in [3.05, 3.63) is 29.3 Å². The van der Waals surface area contributed by atoms with Gasteiger partial charge < -0.3 is 15.0 Å². The van der Waals surface area contributed by atoms with E-state index in [0.29, 0.717) is 6.04 Å². The Kier molecular flexibility index (Phi) is 5.86. The Bertz CT molecular complexity index is 415. The minimum Gasteiger partial charge on any atom is -0.497 e. The number of nitrogens with zero attached hydrogens (tertiary/aromatic N) is 1. The molecule has 3 nitrogen and oxygen atoms in total. The Morgan fingerprint density at radius 1 is 1.30 bits per heavy atom. The zero-order valence-electron chi connectivity index (χ0n) is 13.1. The van der Waals surface area contributed by atoms with Crippen LogP contribution in [0.3, 0.4) is 0 Å². The van der Waals surface area contributed by atoms with Gasteiger partial charge in [-0.15, -0.1) is 0 Å². The van der Waals surface area contributed by atoms with E-state index in [9.17, 15) is 0 Å². The van der Waals surface area contributed by atoms with Crippen molar-refractivity contribution in [2.24, 2.45) is 0 Å². The fraction of sp³-hybridized carbons (Fsp3) is 0.647. The summed E-state index contributed by atoms with van der Waals surface area (Å²) in [5.74, 6) is 0.979. The number of ether oxygens (including phenoxy) is 1. The second kappa shape index (κ2) is 7.65. The summed E-state index contributed by atoms with van der Waals surface area (Å²) in [6.07, 6.45) is 3.70. The highest BCUT2D eigenvalue weighted by Crippen LogP contribution is 2.31. The topological polar surface area (TPSA) is 24.5 Å². The quantitative estimate of drug-likeness (QED) is 0.828. The van der Waals surface area contributed by atoms with Crippen LogP contribution in [0.2, 0.25) is 0 Å². The Labute approximate surface area is 123 Å². The molecule has 2 rings (SSSR count). The van der Waals surface area contributed by atoms with E-state index in [0.717, 1.165) is 31.9 Å². The molecule has 0 saturated carbocycles. The molecule has 20 heavy (non-hydrogen) atoms. The van der Waals surface area contributed by atoms with Crippen LogP contribution >= 0.6 is 0 Å². The molecule has 1 unspecified atom stereocenters. The molecule has 1 aromatic rings. The van der Waals surface area contributed by atoms with Crippen LogP contribution in [0.1, 0.15) is 43.9 Å². The number of fused-ring (bicyclic) bond motifs is 1. The molecule has 1 aliphatic carbocycles. The predicted molar refractivity (Wildman–Crippen MR) is 84.5 cm³/mol. The van der Waals surface area contributed by atoms with Crippen molar-refractivity contribution < 1.29 is 4.74 Å². The molecule has 0 bridgehead atoms. The number of likely N-dealkylation sites (N-methyl/N-ethyl adjacent to an activating group) is 1. The van der Waals surface area contributed by atoms with Crippen LogP contribution < -0.4 is 10.1 Å². The van der Waals surface area contributed by atoms with Gasteiger partial charge >= 0.3 is 0 Å². The molecule has 1 atom stereocenters. The molecule has 0 aliphatic heterocycles. The van der Waals surface area contributed by atoms with Crippen LogP contribution in [0, 0.1) is 0 Å². The second-order valence-corrected chi connectivity index (χ2v) is 5.49. The van der Waals surface area contributed by atoms with Gasteiger partial charge in [-0.3, -0.25) is 0 Å². The van der Waals surface area contributed by atoms with E-state index < -0.39 is 0 Å². The smallest absolute Gasteiger partial charge is 0.119 e. The number of methoxy groups -OCH3 is 1. The monoisotopic (exact) mass is 276 g/mol. The van der Waals surface area contributed by atoms with Crippen molar-refractivity contribution in [3.8, 4) is 5.75 Å². The van der Waals surface area contributed by atoms with Crippen LogP contribution in [0.15, 0.2) is 18.2 Å². The fourth-order valence-electron chi connectivity index (χ4n) is 3.07. The average Bonchev–Trinajstić information content (AvgIpc) is 2.51. The predicted octanol–water partition coefficient (Wildman–Crippen LogP) is 3.00. The van der Waals surface area contributed by atoms with E-state index in [1.165, 1.54) is 30.4 Å². The molecule has 0 heterocycles. The summed E-state index contributed by atoms with van der Waals surface area (Å²) in [7, 11) is 1.74. The molecule has 0 saturated heterocycles. The number of aryl methyl sites for hydroxylation is 1. The third-order valence-corrected chi connectivity index (χ3v) is 4.38. The van der Waals surface area contributed by atoms with Crippen molar-refractivity contribution in [1.82, 2.24) is 10.2 Å². The molecule has 0 amide bonds. The van der Waals surface area contributed by atoms with E-state index in [1.54, 1.807) is 7.11 Å². The lowest BCUT2D eigenvalue weighted by molar-refractivity contribution is 0.293. The zero-order chi connectivity index (χ0) is 14.4. The summed E-state index contributed by atoms with van der Waals surface area (Å²) >= 11 is 0.